The highest BCUT2D eigenvalue weighted by Gasteiger charge is 2.24. The minimum Gasteiger partial charge on any atom is -0.351 e. The molecule has 0 bridgehead atoms. The minimum atomic E-state index is -0.152. The van der Waals surface area contributed by atoms with E-state index in [1.54, 1.807) is 12.3 Å². The highest BCUT2D eigenvalue weighted by Crippen LogP contribution is 2.28. The minimum absolute atomic E-state index is 0.152. The quantitative estimate of drug-likeness (QED) is 0.864. The Bertz CT molecular complexity index is 416. The summed E-state index contributed by atoms with van der Waals surface area (Å²) in [7, 11) is 0. The van der Waals surface area contributed by atoms with Gasteiger partial charge in [0.05, 0.1) is 0 Å². The zero-order valence-electron chi connectivity index (χ0n) is 12.7. The number of hydrogen-bond acceptors (Lipinski definition) is 3. The van der Waals surface area contributed by atoms with Crippen molar-refractivity contribution in [2.75, 3.05) is 18.0 Å². The van der Waals surface area contributed by atoms with Crippen LogP contribution in [0.4, 0.5) is 10.2 Å². The van der Waals surface area contributed by atoms with Crippen molar-refractivity contribution in [3.8, 4) is 0 Å². The van der Waals surface area contributed by atoms with Crippen molar-refractivity contribution in [3.05, 3.63) is 23.6 Å². The van der Waals surface area contributed by atoms with Gasteiger partial charge in [0.25, 0.3) is 0 Å². The van der Waals surface area contributed by atoms with E-state index < -0.39 is 0 Å². The monoisotopic (exact) mass is 279 g/mol. The summed E-state index contributed by atoms with van der Waals surface area (Å²) in [6.07, 6.45) is 7.86. The normalized spacial score (nSPS) is 16.4. The Morgan fingerprint density at radius 3 is 2.70 bits per heavy atom. The van der Waals surface area contributed by atoms with Crippen LogP contribution in [0, 0.1) is 5.82 Å². The van der Waals surface area contributed by atoms with E-state index in [-0.39, 0.29) is 5.82 Å². The first-order valence-corrected chi connectivity index (χ1v) is 7.88. The van der Waals surface area contributed by atoms with Crippen LogP contribution in [0.2, 0.25) is 0 Å². The molecular weight excluding hydrogens is 253 g/mol. The van der Waals surface area contributed by atoms with Gasteiger partial charge in [0.1, 0.15) is 0 Å². The van der Waals surface area contributed by atoms with Crippen molar-refractivity contribution in [2.24, 2.45) is 0 Å². The van der Waals surface area contributed by atoms with Gasteiger partial charge in [-0.25, -0.2) is 9.37 Å². The van der Waals surface area contributed by atoms with Crippen LogP contribution in [0.1, 0.15) is 51.5 Å². The van der Waals surface area contributed by atoms with E-state index in [0.29, 0.717) is 24.0 Å². The van der Waals surface area contributed by atoms with Gasteiger partial charge in [-0.3, -0.25) is 0 Å². The molecule has 1 aliphatic carbocycles. The van der Waals surface area contributed by atoms with E-state index in [0.717, 1.165) is 25.9 Å². The van der Waals surface area contributed by atoms with Gasteiger partial charge < -0.3 is 10.2 Å². The smallest absolute Gasteiger partial charge is 0.170 e. The number of pyridine rings is 1. The summed E-state index contributed by atoms with van der Waals surface area (Å²) < 4.78 is 14.6. The predicted molar refractivity (Wildman–Crippen MR) is 81.5 cm³/mol. The molecule has 0 spiro atoms. The van der Waals surface area contributed by atoms with Gasteiger partial charge >= 0.3 is 0 Å². The third kappa shape index (κ3) is 3.48. The number of nitrogens with zero attached hydrogens (tertiary/aromatic N) is 2. The summed E-state index contributed by atoms with van der Waals surface area (Å²) in [6, 6.07) is 2.22. The lowest BCUT2D eigenvalue weighted by atomic mass is 9.94. The van der Waals surface area contributed by atoms with Crippen LogP contribution in [0.25, 0.3) is 0 Å². The lowest BCUT2D eigenvalue weighted by Crippen LogP contribution is -2.38. The zero-order chi connectivity index (χ0) is 14.4. The van der Waals surface area contributed by atoms with Gasteiger partial charge in [0.15, 0.2) is 11.6 Å². The fraction of sp³-hybridized carbons (Fsp3) is 0.688. The molecule has 1 fully saturated rings. The first-order chi connectivity index (χ1) is 9.77. The predicted octanol–water partition coefficient (Wildman–Crippen LogP) is 3.49. The fourth-order valence-electron chi connectivity index (χ4n) is 3.04. The summed E-state index contributed by atoms with van der Waals surface area (Å²) in [5.74, 6) is 0.385. The molecule has 0 atom stereocenters. The Labute approximate surface area is 121 Å². The first kappa shape index (κ1) is 15.2. The SMILES string of the molecule is CCNCc1ccnc(N(CC)C2CCCCC2)c1F. The van der Waals surface area contributed by atoms with Crippen molar-refractivity contribution in [2.45, 2.75) is 58.5 Å². The zero-order valence-corrected chi connectivity index (χ0v) is 12.7. The molecule has 4 heteroatoms. The van der Waals surface area contributed by atoms with E-state index in [1.165, 1.54) is 19.3 Å². The molecule has 0 amide bonds. The van der Waals surface area contributed by atoms with Crippen LogP contribution < -0.4 is 10.2 Å². The molecule has 1 N–H and O–H groups in total. The molecule has 0 aliphatic heterocycles. The fourth-order valence-corrected chi connectivity index (χ4v) is 3.04. The van der Waals surface area contributed by atoms with Gasteiger partial charge in [-0.05, 0) is 32.4 Å². The molecule has 20 heavy (non-hydrogen) atoms. The molecule has 112 valence electrons. The lowest BCUT2D eigenvalue weighted by molar-refractivity contribution is 0.411. The molecule has 1 aromatic rings. The topological polar surface area (TPSA) is 28.2 Å². The lowest BCUT2D eigenvalue weighted by Gasteiger charge is -2.34. The molecular formula is C16H26FN3. The highest BCUT2D eigenvalue weighted by molar-refractivity contribution is 5.44. The molecule has 0 aromatic carbocycles. The molecule has 2 rings (SSSR count). The highest BCUT2D eigenvalue weighted by atomic mass is 19.1. The molecule has 1 saturated carbocycles. The summed E-state index contributed by atoms with van der Waals surface area (Å²) in [6.45, 7) is 6.35. The standard InChI is InChI=1S/C16H26FN3/c1-3-18-12-13-10-11-19-16(15(13)17)20(4-2)14-8-6-5-7-9-14/h10-11,14,18H,3-9,12H2,1-2H3. The summed E-state index contributed by atoms with van der Waals surface area (Å²) in [5.41, 5.74) is 0.714. The van der Waals surface area contributed by atoms with Crippen LogP contribution in [-0.4, -0.2) is 24.1 Å². The summed E-state index contributed by atoms with van der Waals surface area (Å²) in [5, 5.41) is 3.18. The summed E-state index contributed by atoms with van der Waals surface area (Å²) >= 11 is 0. The summed E-state index contributed by atoms with van der Waals surface area (Å²) in [4.78, 5) is 6.47. The van der Waals surface area contributed by atoms with Crippen LogP contribution in [0.15, 0.2) is 12.3 Å². The number of anilines is 1. The van der Waals surface area contributed by atoms with E-state index in [2.05, 4.69) is 22.1 Å². The van der Waals surface area contributed by atoms with E-state index in [9.17, 15) is 4.39 Å². The van der Waals surface area contributed by atoms with Gasteiger partial charge in [-0.1, -0.05) is 26.2 Å². The molecule has 0 saturated heterocycles. The Balaban J connectivity index is 2.20. The van der Waals surface area contributed by atoms with Crippen molar-refractivity contribution in [3.63, 3.8) is 0 Å². The number of nitrogens with one attached hydrogen (secondary N) is 1. The van der Waals surface area contributed by atoms with E-state index in [1.807, 2.05) is 6.92 Å². The van der Waals surface area contributed by atoms with Gasteiger partial charge in [0, 0.05) is 30.9 Å². The van der Waals surface area contributed by atoms with Gasteiger partial charge in [-0.15, -0.1) is 0 Å². The van der Waals surface area contributed by atoms with E-state index in [4.69, 9.17) is 0 Å². The average Bonchev–Trinajstić information content (AvgIpc) is 2.49. The molecule has 1 heterocycles. The second-order valence-corrected chi connectivity index (χ2v) is 5.47. The van der Waals surface area contributed by atoms with Crippen LogP contribution in [0.5, 0.6) is 0 Å². The molecule has 0 radical (unpaired) electrons. The number of halogens is 1. The Hall–Kier alpha value is -1.16. The van der Waals surface area contributed by atoms with Crippen molar-refractivity contribution in [1.82, 2.24) is 10.3 Å². The van der Waals surface area contributed by atoms with Gasteiger partial charge in [0.2, 0.25) is 0 Å². The molecule has 0 unspecified atom stereocenters. The largest absolute Gasteiger partial charge is 0.351 e. The van der Waals surface area contributed by atoms with Crippen LogP contribution in [-0.2, 0) is 6.54 Å². The maximum Gasteiger partial charge on any atom is 0.170 e. The third-order valence-electron chi connectivity index (χ3n) is 4.14. The molecule has 3 nitrogen and oxygen atoms in total. The Morgan fingerprint density at radius 2 is 2.05 bits per heavy atom. The van der Waals surface area contributed by atoms with Crippen LogP contribution >= 0.6 is 0 Å². The maximum atomic E-state index is 14.6. The maximum absolute atomic E-state index is 14.6. The molecule has 1 aliphatic rings. The average molecular weight is 279 g/mol. The Morgan fingerprint density at radius 1 is 1.30 bits per heavy atom. The van der Waals surface area contributed by atoms with Gasteiger partial charge in [-0.2, -0.15) is 0 Å². The third-order valence-corrected chi connectivity index (χ3v) is 4.14. The molecule has 1 aromatic heterocycles. The number of aromatic nitrogens is 1. The van der Waals surface area contributed by atoms with Crippen molar-refractivity contribution < 1.29 is 4.39 Å². The van der Waals surface area contributed by atoms with E-state index >= 15 is 0 Å². The second kappa shape index (κ2) is 7.58. The van der Waals surface area contributed by atoms with Crippen LogP contribution in [0.3, 0.4) is 0 Å². The Kier molecular flexibility index (Phi) is 5.77. The second-order valence-electron chi connectivity index (χ2n) is 5.47. The number of hydrogen-bond donors (Lipinski definition) is 1. The van der Waals surface area contributed by atoms with Crippen molar-refractivity contribution in [1.29, 1.82) is 0 Å². The first-order valence-electron chi connectivity index (χ1n) is 7.88. The van der Waals surface area contributed by atoms with Crippen molar-refractivity contribution >= 4 is 5.82 Å². The number of rotatable bonds is 6.